The van der Waals surface area contributed by atoms with Gasteiger partial charge in [-0.1, -0.05) is 6.07 Å². The van der Waals surface area contributed by atoms with Gasteiger partial charge in [0.05, 0.1) is 22.5 Å². The fourth-order valence-electron chi connectivity index (χ4n) is 4.16. The van der Waals surface area contributed by atoms with Crippen LogP contribution < -0.4 is 5.01 Å². The highest BCUT2D eigenvalue weighted by Gasteiger charge is 2.25. The fourth-order valence-corrected chi connectivity index (χ4v) is 4.82. The van der Waals surface area contributed by atoms with Crippen LogP contribution in [0.2, 0.25) is 0 Å². The average molecular weight is 450 g/mol. The van der Waals surface area contributed by atoms with E-state index in [9.17, 15) is 13.5 Å². The monoisotopic (exact) mass is 449 g/mol. The third-order valence-corrected chi connectivity index (χ3v) is 6.88. The van der Waals surface area contributed by atoms with Gasteiger partial charge in [0.2, 0.25) is 0 Å². The number of aryl methyl sites for hydroxylation is 1. The van der Waals surface area contributed by atoms with Crippen LogP contribution in [0.4, 0.5) is 5.69 Å². The highest BCUT2D eigenvalue weighted by atomic mass is 32.2. The van der Waals surface area contributed by atoms with Crippen molar-refractivity contribution in [2.45, 2.75) is 36.7 Å². The minimum atomic E-state index is -3.35. The Bertz CT molecular complexity index is 1340. The van der Waals surface area contributed by atoms with Gasteiger partial charge in [-0.05, 0) is 67.7 Å². The first-order chi connectivity index (χ1) is 15.4. The minimum absolute atomic E-state index is 0.205. The molecule has 0 spiro atoms. The van der Waals surface area contributed by atoms with Gasteiger partial charge >= 0.3 is 0 Å². The molecule has 0 fully saturated rings. The van der Waals surface area contributed by atoms with E-state index >= 15 is 0 Å². The van der Waals surface area contributed by atoms with Crippen molar-refractivity contribution in [3.8, 4) is 5.82 Å². The zero-order chi connectivity index (χ0) is 22.3. The lowest BCUT2D eigenvalue weighted by Gasteiger charge is -2.24. The summed E-state index contributed by atoms with van der Waals surface area (Å²) < 4.78 is 25.7. The molecule has 0 amide bonds. The molecular weight excluding hydrogens is 426 g/mol. The summed E-state index contributed by atoms with van der Waals surface area (Å²) in [6.45, 7) is 0. The van der Waals surface area contributed by atoms with Crippen LogP contribution in [0.15, 0.2) is 71.1 Å². The molecule has 1 unspecified atom stereocenters. The van der Waals surface area contributed by atoms with Gasteiger partial charge in [0.25, 0.3) is 0 Å². The van der Waals surface area contributed by atoms with Gasteiger partial charge < -0.3 is 5.11 Å². The molecule has 32 heavy (non-hydrogen) atoms. The number of rotatable bonds is 4. The van der Waals surface area contributed by atoms with E-state index in [1.165, 1.54) is 23.8 Å². The number of hydrazone groups is 1. The maximum atomic E-state index is 12.0. The van der Waals surface area contributed by atoms with Crippen LogP contribution in [-0.2, 0) is 22.7 Å². The number of hydrogen-bond donors (Lipinski definition) is 1. The molecule has 3 aromatic rings. The second kappa shape index (κ2) is 7.99. The molecule has 5 rings (SSSR count). The summed E-state index contributed by atoms with van der Waals surface area (Å²) in [7, 11) is -3.35. The van der Waals surface area contributed by atoms with Gasteiger partial charge in [-0.2, -0.15) is 10.2 Å². The van der Waals surface area contributed by atoms with Crippen LogP contribution in [-0.4, -0.2) is 46.4 Å². The van der Waals surface area contributed by atoms with Gasteiger partial charge in [0, 0.05) is 24.2 Å². The van der Waals surface area contributed by atoms with Gasteiger partial charge in [0.15, 0.2) is 15.7 Å². The number of benzene rings is 1. The number of aromatic nitrogens is 3. The normalized spacial score (nSPS) is 18.4. The summed E-state index contributed by atoms with van der Waals surface area (Å²) >= 11 is 0. The second-order valence-electron chi connectivity index (χ2n) is 7.99. The number of hydrogen-bond acceptors (Lipinski definition) is 7. The number of pyridine rings is 1. The van der Waals surface area contributed by atoms with Gasteiger partial charge in [-0.15, -0.1) is 0 Å². The average Bonchev–Trinajstić information content (AvgIpc) is 3.28. The first-order valence-electron chi connectivity index (χ1n) is 10.5. The Morgan fingerprint density at radius 3 is 2.78 bits per heavy atom. The standard InChI is InChI=1S/C23H23N5O3S/c1-32(30,31)18-7-4-6-17(15-18)27-14-11-21(29)22(26-27)20-10-13-25-28(20)23-19-8-3-2-5-16(19)9-12-24-23/h4,6-7,9-15,21,29H,2-3,5,8H2,1H3. The van der Waals surface area contributed by atoms with E-state index in [1.807, 2.05) is 0 Å². The van der Waals surface area contributed by atoms with Crippen LogP contribution >= 0.6 is 0 Å². The maximum Gasteiger partial charge on any atom is 0.175 e. The lowest BCUT2D eigenvalue weighted by atomic mass is 9.92. The molecule has 164 valence electrons. The highest BCUT2D eigenvalue weighted by molar-refractivity contribution is 7.90. The van der Waals surface area contributed by atoms with Crippen LogP contribution in [0.25, 0.3) is 5.82 Å². The predicted molar refractivity (Wildman–Crippen MR) is 122 cm³/mol. The Morgan fingerprint density at radius 2 is 1.94 bits per heavy atom. The summed E-state index contributed by atoms with van der Waals surface area (Å²) in [4.78, 5) is 4.80. The van der Waals surface area contributed by atoms with E-state index in [0.29, 0.717) is 17.1 Å². The molecule has 3 heterocycles. The Hall–Kier alpha value is -3.30. The second-order valence-corrected chi connectivity index (χ2v) is 10.0. The number of nitrogens with zero attached hydrogens (tertiary/aromatic N) is 5. The van der Waals surface area contributed by atoms with Gasteiger partial charge in [0.1, 0.15) is 11.8 Å². The summed E-state index contributed by atoms with van der Waals surface area (Å²) in [5.41, 5.74) is 4.09. The maximum absolute atomic E-state index is 12.0. The van der Waals surface area contributed by atoms with Crippen molar-refractivity contribution < 1.29 is 13.5 Å². The van der Waals surface area contributed by atoms with Crippen LogP contribution in [0.1, 0.15) is 29.7 Å². The number of sulfone groups is 1. The van der Waals surface area contributed by atoms with E-state index in [0.717, 1.165) is 25.1 Å². The van der Waals surface area contributed by atoms with Crippen molar-refractivity contribution in [3.63, 3.8) is 0 Å². The zero-order valence-corrected chi connectivity index (χ0v) is 18.4. The van der Waals surface area contributed by atoms with Crippen molar-refractivity contribution >= 4 is 21.2 Å². The minimum Gasteiger partial charge on any atom is -0.382 e. The molecule has 2 aliphatic rings. The Labute approximate surface area is 186 Å². The molecule has 1 N–H and O–H groups in total. The fraction of sp³-hybridized carbons (Fsp3) is 0.261. The molecule has 0 bridgehead atoms. The molecule has 1 aliphatic heterocycles. The van der Waals surface area contributed by atoms with E-state index < -0.39 is 15.9 Å². The topological polar surface area (TPSA) is 101 Å². The molecule has 8 nitrogen and oxygen atoms in total. The highest BCUT2D eigenvalue weighted by Crippen LogP contribution is 2.28. The molecule has 9 heteroatoms. The first kappa shape index (κ1) is 20.6. The van der Waals surface area contributed by atoms with Gasteiger partial charge in [-0.25, -0.2) is 23.1 Å². The van der Waals surface area contributed by atoms with Gasteiger partial charge in [-0.3, -0.25) is 0 Å². The van der Waals surface area contributed by atoms with Crippen molar-refractivity contribution in [3.05, 3.63) is 77.9 Å². The van der Waals surface area contributed by atoms with E-state index in [1.54, 1.807) is 64.7 Å². The molecule has 2 aromatic heterocycles. The summed E-state index contributed by atoms with van der Waals surface area (Å²) in [6, 6.07) is 10.4. The largest absolute Gasteiger partial charge is 0.382 e. The molecular formula is C23H23N5O3S. The first-order valence-corrected chi connectivity index (χ1v) is 12.4. The summed E-state index contributed by atoms with van der Waals surface area (Å²) in [6.07, 6.45) is 11.2. The molecule has 0 saturated carbocycles. The quantitative estimate of drug-likeness (QED) is 0.657. The van der Waals surface area contributed by atoms with E-state index in [4.69, 9.17) is 0 Å². The number of aliphatic hydroxyl groups excluding tert-OH is 1. The number of anilines is 1. The van der Waals surface area contributed by atoms with Crippen LogP contribution in [0.3, 0.4) is 0 Å². The van der Waals surface area contributed by atoms with Crippen molar-refractivity contribution in [2.75, 3.05) is 11.3 Å². The Morgan fingerprint density at radius 1 is 1.09 bits per heavy atom. The number of aliphatic hydroxyl groups is 1. The molecule has 1 aromatic carbocycles. The molecule has 0 radical (unpaired) electrons. The van der Waals surface area contributed by atoms with E-state index in [2.05, 4.69) is 21.3 Å². The third-order valence-electron chi connectivity index (χ3n) is 5.77. The molecule has 0 saturated heterocycles. The van der Waals surface area contributed by atoms with Crippen LogP contribution in [0, 0.1) is 0 Å². The Kier molecular flexibility index (Phi) is 5.15. The van der Waals surface area contributed by atoms with Crippen molar-refractivity contribution in [1.82, 2.24) is 14.8 Å². The number of fused-ring (bicyclic) bond motifs is 1. The lowest BCUT2D eigenvalue weighted by Crippen LogP contribution is -2.30. The smallest absolute Gasteiger partial charge is 0.175 e. The predicted octanol–water partition coefficient (Wildman–Crippen LogP) is 2.65. The SMILES string of the molecule is CS(=O)(=O)c1cccc(N2C=CC(O)C(c3ccnn3-c3nccc4c3CCCC4)=N2)c1. The molecule has 1 aliphatic carbocycles. The molecule has 1 atom stereocenters. The Balaban J connectivity index is 1.57. The van der Waals surface area contributed by atoms with Crippen molar-refractivity contribution in [2.24, 2.45) is 5.10 Å². The summed E-state index contributed by atoms with van der Waals surface area (Å²) in [5.74, 6) is 0.761. The third kappa shape index (κ3) is 3.74. The van der Waals surface area contributed by atoms with Crippen LogP contribution in [0.5, 0.6) is 0 Å². The lowest BCUT2D eigenvalue weighted by molar-refractivity contribution is 0.286. The zero-order valence-electron chi connectivity index (χ0n) is 17.6. The van der Waals surface area contributed by atoms with Crippen molar-refractivity contribution in [1.29, 1.82) is 0 Å². The summed E-state index contributed by atoms with van der Waals surface area (Å²) in [5, 5.41) is 21.4. The van der Waals surface area contributed by atoms with E-state index in [-0.39, 0.29) is 4.90 Å².